The molecule has 0 bridgehead atoms. The summed E-state index contributed by atoms with van der Waals surface area (Å²) in [5, 5.41) is 2.87. The Morgan fingerprint density at radius 2 is 1.70 bits per heavy atom. The Morgan fingerprint density at radius 3 is 2.35 bits per heavy atom. The fraction of sp³-hybridized carbons (Fsp3) is 0.316. The van der Waals surface area contributed by atoms with Crippen LogP contribution in [0.2, 0.25) is 0 Å². The molecule has 0 radical (unpaired) electrons. The topological polar surface area (TPSA) is 47.6 Å². The summed E-state index contributed by atoms with van der Waals surface area (Å²) in [5.74, 6) is 1.35. The first-order valence-corrected chi connectivity index (χ1v) is 7.63. The second kappa shape index (κ2) is 7.68. The van der Waals surface area contributed by atoms with Crippen molar-refractivity contribution in [3.05, 3.63) is 53.1 Å². The first-order chi connectivity index (χ1) is 11.0. The zero-order valence-corrected chi connectivity index (χ0v) is 14.1. The van der Waals surface area contributed by atoms with Crippen molar-refractivity contribution in [1.82, 2.24) is 0 Å². The number of amides is 1. The molecule has 0 atom stereocenters. The van der Waals surface area contributed by atoms with E-state index in [0.29, 0.717) is 18.0 Å². The molecule has 0 aromatic heterocycles. The van der Waals surface area contributed by atoms with Gasteiger partial charge in [-0.15, -0.1) is 0 Å². The highest BCUT2D eigenvalue weighted by Gasteiger charge is 2.08. The highest BCUT2D eigenvalue weighted by atomic mass is 16.5. The monoisotopic (exact) mass is 313 g/mol. The number of nitrogens with one attached hydrogen (secondary N) is 1. The number of rotatable bonds is 6. The number of aryl methyl sites for hydroxylation is 3. The number of carbonyl (C=O) groups is 1. The Morgan fingerprint density at radius 1 is 1.00 bits per heavy atom. The van der Waals surface area contributed by atoms with Crippen LogP contribution in [0.15, 0.2) is 36.4 Å². The molecule has 0 spiro atoms. The molecule has 0 saturated heterocycles. The molecule has 2 aromatic rings. The molecular formula is C19H23NO3. The third-order valence-electron chi connectivity index (χ3n) is 3.42. The number of hydrogen-bond donors (Lipinski definition) is 1. The van der Waals surface area contributed by atoms with Gasteiger partial charge in [0.2, 0.25) is 5.91 Å². The molecule has 122 valence electrons. The fourth-order valence-corrected chi connectivity index (χ4v) is 2.41. The van der Waals surface area contributed by atoms with Crippen LogP contribution in [0.4, 0.5) is 5.69 Å². The van der Waals surface area contributed by atoms with Gasteiger partial charge in [-0.05, 0) is 61.7 Å². The fourth-order valence-electron chi connectivity index (χ4n) is 2.41. The molecule has 4 nitrogen and oxygen atoms in total. The van der Waals surface area contributed by atoms with Gasteiger partial charge in [-0.25, -0.2) is 0 Å². The first-order valence-electron chi connectivity index (χ1n) is 7.63. The second-order valence-electron chi connectivity index (χ2n) is 5.67. The standard InChI is InChI=1S/C19H23NO3/c1-13-5-6-18(22-4)17(12-13)20-19(21)7-8-23-16-10-14(2)9-15(3)11-16/h5-6,9-12H,7-8H2,1-4H3,(H,20,21). The summed E-state index contributed by atoms with van der Waals surface area (Å²) in [6.45, 7) is 6.36. The molecule has 0 heterocycles. The lowest BCUT2D eigenvalue weighted by molar-refractivity contribution is -0.116. The van der Waals surface area contributed by atoms with E-state index < -0.39 is 0 Å². The van der Waals surface area contributed by atoms with E-state index in [0.717, 1.165) is 22.4 Å². The highest BCUT2D eigenvalue weighted by Crippen LogP contribution is 2.25. The maximum absolute atomic E-state index is 12.1. The van der Waals surface area contributed by atoms with Gasteiger partial charge < -0.3 is 14.8 Å². The zero-order chi connectivity index (χ0) is 16.8. The molecule has 0 unspecified atom stereocenters. The normalized spacial score (nSPS) is 10.3. The van der Waals surface area contributed by atoms with Gasteiger partial charge in [0.15, 0.2) is 0 Å². The largest absolute Gasteiger partial charge is 0.495 e. The van der Waals surface area contributed by atoms with E-state index in [1.54, 1.807) is 7.11 Å². The molecule has 1 amide bonds. The van der Waals surface area contributed by atoms with Gasteiger partial charge in [-0.2, -0.15) is 0 Å². The minimum atomic E-state index is -0.0988. The van der Waals surface area contributed by atoms with Crippen molar-refractivity contribution < 1.29 is 14.3 Å². The van der Waals surface area contributed by atoms with Gasteiger partial charge >= 0.3 is 0 Å². The lowest BCUT2D eigenvalue weighted by Crippen LogP contribution is -2.15. The molecule has 0 aliphatic heterocycles. The number of ether oxygens (including phenoxy) is 2. The van der Waals surface area contributed by atoms with Crippen molar-refractivity contribution in [2.45, 2.75) is 27.2 Å². The molecule has 2 aromatic carbocycles. The summed E-state index contributed by atoms with van der Waals surface area (Å²) >= 11 is 0. The van der Waals surface area contributed by atoms with Crippen LogP contribution in [0.3, 0.4) is 0 Å². The third kappa shape index (κ3) is 5.02. The zero-order valence-electron chi connectivity index (χ0n) is 14.1. The third-order valence-corrected chi connectivity index (χ3v) is 3.42. The van der Waals surface area contributed by atoms with E-state index in [1.165, 1.54) is 0 Å². The average molecular weight is 313 g/mol. The summed E-state index contributed by atoms with van der Waals surface area (Å²) in [7, 11) is 1.59. The van der Waals surface area contributed by atoms with Crippen molar-refractivity contribution in [3.63, 3.8) is 0 Å². The average Bonchev–Trinajstić information content (AvgIpc) is 2.46. The van der Waals surface area contributed by atoms with Crippen LogP contribution in [-0.4, -0.2) is 19.6 Å². The minimum absolute atomic E-state index is 0.0988. The molecule has 4 heteroatoms. The summed E-state index contributed by atoms with van der Waals surface area (Å²) in [6.07, 6.45) is 0.282. The van der Waals surface area contributed by atoms with Crippen molar-refractivity contribution in [2.24, 2.45) is 0 Å². The number of anilines is 1. The van der Waals surface area contributed by atoms with E-state index in [2.05, 4.69) is 11.4 Å². The number of carbonyl (C=O) groups excluding carboxylic acids is 1. The molecule has 0 aliphatic rings. The number of hydrogen-bond acceptors (Lipinski definition) is 3. The Labute approximate surface area is 137 Å². The van der Waals surface area contributed by atoms with Crippen LogP contribution in [-0.2, 0) is 4.79 Å². The smallest absolute Gasteiger partial charge is 0.227 e. The van der Waals surface area contributed by atoms with Crippen molar-refractivity contribution in [1.29, 1.82) is 0 Å². The lowest BCUT2D eigenvalue weighted by atomic mass is 10.1. The van der Waals surface area contributed by atoms with Gasteiger partial charge in [0.1, 0.15) is 11.5 Å². The molecule has 1 N–H and O–H groups in total. The summed E-state index contributed by atoms with van der Waals surface area (Å²) in [5.41, 5.74) is 4.04. The van der Waals surface area contributed by atoms with E-state index in [4.69, 9.17) is 9.47 Å². The maximum Gasteiger partial charge on any atom is 0.227 e. The first kappa shape index (κ1) is 16.9. The van der Waals surface area contributed by atoms with Crippen LogP contribution < -0.4 is 14.8 Å². The molecule has 2 rings (SSSR count). The van der Waals surface area contributed by atoms with E-state index in [9.17, 15) is 4.79 Å². The Bertz CT molecular complexity index is 675. The summed E-state index contributed by atoms with van der Waals surface area (Å²) in [6, 6.07) is 11.7. The van der Waals surface area contributed by atoms with E-state index in [1.807, 2.05) is 51.1 Å². The van der Waals surface area contributed by atoms with Gasteiger partial charge in [0, 0.05) is 0 Å². The van der Waals surface area contributed by atoms with Crippen LogP contribution >= 0.6 is 0 Å². The van der Waals surface area contributed by atoms with Crippen LogP contribution in [0.25, 0.3) is 0 Å². The van der Waals surface area contributed by atoms with Crippen molar-refractivity contribution >= 4 is 11.6 Å². The molecular weight excluding hydrogens is 290 g/mol. The SMILES string of the molecule is COc1ccc(C)cc1NC(=O)CCOc1cc(C)cc(C)c1. The molecule has 0 fully saturated rings. The lowest BCUT2D eigenvalue weighted by Gasteiger charge is -2.12. The predicted molar refractivity (Wildman–Crippen MR) is 92.4 cm³/mol. The van der Waals surface area contributed by atoms with E-state index in [-0.39, 0.29) is 12.3 Å². The maximum atomic E-state index is 12.1. The van der Waals surface area contributed by atoms with Crippen molar-refractivity contribution in [2.75, 3.05) is 19.0 Å². The van der Waals surface area contributed by atoms with Gasteiger partial charge in [0.05, 0.1) is 25.8 Å². The molecule has 0 aliphatic carbocycles. The van der Waals surface area contributed by atoms with Crippen LogP contribution in [0, 0.1) is 20.8 Å². The quantitative estimate of drug-likeness (QED) is 0.876. The van der Waals surface area contributed by atoms with Crippen molar-refractivity contribution in [3.8, 4) is 11.5 Å². The van der Waals surface area contributed by atoms with Crippen LogP contribution in [0.5, 0.6) is 11.5 Å². The van der Waals surface area contributed by atoms with Gasteiger partial charge in [-0.3, -0.25) is 4.79 Å². The minimum Gasteiger partial charge on any atom is -0.495 e. The van der Waals surface area contributed by atoms with E-state index >= 15 is 0 Å². The molecule has 23 heavy (non-hydrogen) atoms. The molecule has 0 saturated carbocycles. The summed E-state index contributed by atoms with van der Waals surface area (Å²) < 4.78 is 10.9. The summed E-state index contributed by atoms with van der Waals surface area (Å²) in [4.78, 5) is 12.1. The van der Waals surface area contributed by atoms with Gasteiger partial charge in [-0.1, -0.05) is 12.1 Å². The van der Waals surface area contributed by atoms with Crippen LogP contribution in [0.1, 0.15) is 23.1 Å². The van der Waals surface area contributed by atoms with Gasteiger partial charge in [0.25, 0.3) is 0 Å². The number of benzene rings is 2. The second-order valence-corrected chi connectivity index (χ2v) is 5.67. The highest BCUT2D eigenvalue weighted by molar-refractivity contribution is 5.92. The Balaban J connectivity index is 1.89. The Hall–Kier alpha value is -2.49. The number of methoxy groups -OCH3 is 1. The predicted octanol–water partition coefficient (Wildman–Crippen LogP) is 4.03. The Kier molecular flexibility index (Phi) is 5.63.